The van der Waals surface area contributed by atoms with Gasteiger partial charge in [0.1, 0.15) is 19.9 Å². The van der Waals surface area contributed by atoms with Crippen molar-refractivity contribution in [2.75, 3.05) is 26.6 Å². The summed E-state index contributed by atoms with van der Waals surface area (Å²) in [6.07, 6.45) is -3.82. The van der Waals surface area contributed by atoms with Crippen LogP contribution in [0.2, 0.25) is 0 Å². The van der Waals surface area contributed by atoms with Crippen LogP contribution in [-0.4, -0.2) is 49.6 Å². The molecule has 0 radical (unpaired) electrons. The Hall–Kier alpha value is -1.60. The van der Waals surface area contributed by atoms with Crippen LogP contribution in [0.5, 0.6) is 0 Å². The minimum absolute atomic E-state index is 0.0890. The molecule has 116 valence electrons. The quantitative estimate of drug-likeness (QED) is 0.835. The molecule has 7 heteroatoms. The first-order chi connectivity index (χ1) is 9.96. The molecule has 1 heterocycles. The Balaban J connectivity index is 1.85. The molecule has 1 fully saturated rings. The van der Waals surface area contributed by atoms with Crippen molar-refractivity contribution in [2.45, 2.75) is 18.6 Å². The normalized spacial score (nSPS) is 19.0. The molecule has 2 rings (SSSR count). The zero-order valence-electron chi connectivity index (χ0n) is 11.3. The smallest absolute Gasteiger partial charge is 0.362 e. The summed E-state index contributed by atoms with van der Waals surface area (Å²) in [6, 6.07) is 9.37. The Bertz CT molecular complexity index is 464. The van der Waals surface area contributed by atoms with Crippen molar-refractivity contribution in [3.8, 4) is 0 Å². The third-order valence-electron chi connectivity index (χ3n) is 3.11. The molecule has 1 aliphatic rings. The Morgan fingerprint density at radius 3 is 2.71 bits per heavy atom. The highest BCUT2D eigenvalue weighted by Gasteiger charge is 2.31. The summed E-state index contributed by atoms with van der Waals surface area (Å²) in [6.45, 7) is -1.55. The van der Waals surface area contributed by atoms with Crippen LogP contribution < -0.4 is 0 Å². The molecule has 0 bridgehead atoms. The fourth-order valence-electron chi connectivity index (χ4n) is 2.15. The Morgan fingerprint density at radius 1 is 1.33 bits per heavy atom. The molecule has 0 N–H and O–H groups in total. The molecule has 0 saturated carbocycles. The van der Waals surface area contributed by atoms with E-state index >= 15 is 0 Å². The van der Waals surface area contributed by atoms with E-state index < -0.39 is 25.3 Å². The molecule has 1 aromatic rings. The van der Waals surface area contributed by atoms with Crippen LogP contribution >= 0.6 is 0 Å². The van der Waals surface area contributed by atoms with E-state index in [1.165, 1.54) is 4.90 Å². The Labute approximate surface area is 120 Å². The van der Waals surface area contributed by atoms with Crippen LogP contribution in [0.25, 0.3) is 0 Å². The number of carbonyl (C=O) groups is 1. The predicted molar refractivity (Wildman–Crippen MR) is 68.5 cm³/mol. The van der Waals surface area contributed by atoms with Crippen molar-refractivity contribution in [3.63, 3.8) is 0 Å². The highest BCUT2D eigenvalue weighted by Crippen LogP contribution is 2.17. The summed E-state index contributed by atoms with van der Waals surface area (Å²) >= 11 is 0. The maximum absolute atomic E-state index is 12.0. The van der Waals surface area contributed by atoms with E-state index in [1.54, 1.807) is 0 Å². The van der Waals surface area contributed by atoms with Crippen molar-refractivity contribution < 1.29 is 27.4 Å². The first-order valence-electron chi connectivity index (χ1n) is 6.51. The second-order valence-electron chi connectivity index (χ2n) is 4.81. The maximum atomic E-state index is 12.0. The van der Waals surface area contributed by atoms with Gasteiger partial charge in [0, 0.05) is 0 Å². The van der Waals surface area contributed by atoms with Crippen LogP contribution in [0.3, 0.4) is 0 Å². The van der Waals surface area contributed by atoms with Gasteiger partial charge in [0.05, 0.1) is 12.6 Å². The van der Waals surface area contributed by atoms with Crippen molar-refractivity contribution >= 4 is 5.91 Å². The molecule has 1 atom stereocenters. The number of carbonyl (C=O) groups excluding carboxylic acids is 1. The maximum Gasteiger partial charge on any atom is 0.411 e. The molecule has 1 aromatic carbocycles. The van der Waals surface area contributed by atoms with Crippen molar-refractivity contribution in [1.29, 1.82) is 0 Å². The van der Waals surface area contributed by atoms with Gasteiger partial charge in [-0.25, -0.2) is 0 Å². The van der Waals surface area contributed by atoms with Gasteiger partial charge in [-0.05, 0) is 12.0 Å². The Morgan fingerprint density at radius 2 is 2.05 bits per heavy atom. The second-order valence-corrected chi connectivity index (χ2v) is 4.81. The number of amides is 1. The van der Waals surface area contributed by atoms with Crippen LogP contribution in [0, 0.1) is 0 Å². The highest BCUT2D eigenvalue weighted by molar-refractivity contribution is 5.78. The summed E-state index contributed by atoms with van der Waals surface area (Å²) in [5.41, 5.74) is 1.04. The van der Waals surface area contributed by atoms with Crippen LogP contribution in [-0.2, 0) is 20.7 Å². The van der Waals surface area contributed by atoms with Crippen molar-refractivity contribution in [1.82, 2.24) is 4.90 Å². The molecular weight excluding hydrogens is 287 g/mol. The third kappa shape index (κ3) is 5.02. The predicted octanol–water partition coefficient (Wildman–Crippen LogP) is 1.99. The minimum atomic E-state index is -4.43. The first-order valence-corrected chi connectivity index (χ1v) is 6.51. The van der Waals surface area contributed by atoms with E-state index in [2.05, 4.69) is 4.74 Å². The topological polar surface area (TPSA) is 38.8 Å². The van der Waals surface area contributed by atoms with E-state index in [9.17, 15) is 18.0 Å². The monoisotopic (exact) mass is 303 g/mol. The van der Waals surface area contributed by atoms with Crippen LogP contribution in [0.1, 0.15) is 5.56 Å². The van der Waals surface area contributed by atoms with Gasteiger partial charge in [-0.2, -0.15) is 13.2 Å². The zero-order chi connectivity index (χ0) is 15.3. The summed E-state index contributed by atoms with van der Waals surface area (Å²) in [5, 5.41) is 0. The SMILES string of the molecule is O=C(COCC(F)(F)F)N1COC[C@@H]1Cc1ccccc1. The zero-order valence-corrected chi connectivity index (χ0v) is 11.3. The lowest BCUT2D eigenvalue weighted by Gasteiger charge is -2.22. The van der Waals surface area contributed by atoms with E-state index in [4.69, 9.17) is 4.74 Å². The molecule has 1 saturated heterocycles. The molecule has 1 aliphatic heterocycles. The number of benzene rings is 1. The summed E-state index contributed by atoms with van der Waals surface area (Å²) in [5.74, 6) is -0.488. The largest absolute Gasteiger partial charge is 0.411 e. The van der Waals surface area contributed by atoms with Gasteiger partial charge >= 0.3 is 6.18 Å². The average molecular weight is 303 g/mol. The van der Waals surface area contributed by atoms with E-state index in [0.29, 0.717) is 13.0 Å². The van der Waals surface area contributed by atoms with Crippen LogP contribution in [0.4, 0.5) is 13.2 Å². The standard InChI is InChI=1S/C14H16F3NO3/c15-14(16,17)9-20-8-13(19)18-10-21-7-12(18)6-11-4-2-1-3-5-11/h1-5,12H,6-10H2/t12-/m0/s1. The van der Waals surface area contributed by atoms with Crippen molar-refractivity contribution in [2.24, 2.45) is 0 Å². The van der Waals surface area contributed by atoms with Crippen molar-refractivity contribution in [3.05, 3.63) is 35.9 Å². The van der Waals surface area contributed by atoms with Gasteiger partial charge in [-0.1, -0.05) is 30.3 Å². The molecule has 1 amide bonds. The number of rotatable bonds is 5. The van der Waals surface area contributed by atoms with Crippen LogP contribution in [0.15, 0.2) is 30.3 Å². The van der Waals surface area contributed by atoms with E-state index in [-0.39, 0.29) is 12.8 Å². The fraction of sp³-hybridized carbons (Fsp3) is 0.500. The molecule has 0 unspecified atom stereocenters. The van der Waals surface area contributed by atoms with Gasteiger partial charge in [-0.3, -0.25) is 4.79 Å². The minimum Gasteiger partial charge on any atom is -0.362 e. The van der Waals surface area contributed by atoms with Gasteiger partial charge < -0.3 is 14.4 Å². The van der Waals surface area contributed by atoms with Gasteiger partial charge in [-0.15, -0.1) is 0 Å². The van der Waals surface area contributed by atoms with Gasteiger partial charge in [0.2, 0.25) is 0 Å². The Kier molecular flexibility index (Phi) is 5.19. The first kappa shape index (κ1) is 15.8. The molecule has 0 aliphatic carbocycles. The number of ether oxygens (including phenoxy) is 2. The molecule has 21 heavy (non-hydrogen) atoms. The van der Waals surface area contributed by atoms with E-state index in [0.717, 1.165) is 5.56 Å². The van der Waals surface area contributed by atoms with Gasteiger partial charge in [0.15, 0.2) is 0 Å². The lowest BCUT2D eigenvalue weighted by Crippen LogP contribution is -2.40. The number of halogens is 3. The summed E-state index contributed by atoms with van der Waals surface area (Å²) < 4.78 is 45.6. The number of hydrogen-bond acceptors (Lipinski definition) is 3. The molecule has 0 spiro atoms. The summed E-state index contributed by atoms with van der Waals surface area (Å²) in [7, 11) is 0. The van der Waals surface area contributed by atoms with Gasteiger partial charge in [0.25, 0.3) is 5.91 Å². The molecule has 0 aromatic heterocycles. The number of hydrogen-bond donors (Lipinski definition) is 0. The number of nitrogens with zero attached hydrogens (tertiary/aromatic N) is 1. The average Bonchev–Trinajstić information content (AvgIpc) is 2.86. The third-order valence-corrected chi connectivity index (χ3v) is 3.11. The summed E-state index contributed by atoms with van der Waals surface area (Å²) in [4.78, 5) is 13.3. The number of alkyl halides is 3. The van der Waals surface area contributed by atoms with E-state index in [1.807, 2.05) is 30.3 Å². The molecular formula is C14H16F3NO3. The highest BCUT2D eigenvalue weighted by atomic mass is 19.4. The lowest BCUT2D eigenvalue weighted by atomic mass is 10.1. The second kappa shape index (κ2) is 6.91. The molecule has 4 nitrogen and oxygen atoms in total. The fourth-order valence-corrected chi connectivity index (χ4v) is 2.15. The lowest BCUT2D eigenvalue weighted by molar-refractivity contribution is -0.178.